The van der Waals surface area contributed by atoms with Crippen molar-refractivity contribution in [3.8, 4) is 0 Å². The number of benzene rings is 1. The summed E-state index contributed by atoms with van der Waals surface area (Å²) >= 11 is 0. The van der Waals surface area contributed by atoms with E-state index < -0.39 is 0 Å². The summed E-state index contributed by atoms with van der Waals surface area (Å²) in [5.41, 5.74) is 7.35. The van der Waals surface area contributed by atoms with Crippen molar-refractivity contribution in [3.63, 3.8) is 0 Å². The highest BCUT2D eigenvalue weighted by atomic mass is 16.2. The molecule has 1 fully saturated rings. The molecule has 5 nitrogen and oxygen atoms in total. The third-order valence-corrected chi connectivity index (χ3v) is 4.26. The van der Waals surface area contributed by atoms with Gasteiger partial charge in [-0.05, 0) is 11.0 Å². The SMILES string of the molecule is CC1(C)CN(C(=O)c2cc(N)n[nH]2)C[C@@H]1c1ccccc1. The molecular weight excluding hydrogens is 264 g/mol. The molecular formula is C16H20N4O. The number of likely N-dealkylation sites (tertiary alicyclic amines) is 1. The van der Waals surface area contributed by atoms with Gasteiger partial charge in [0.05, 0.1) is 0 Å². The molecule has 2 heterocycles. The van der Waals surface area contributed by atoms with E-state index in [1.807, 2.05) is 23.1 Å². The molecule has 1 aliphatic heterocycles. The highest BCUT2D eigenvalue weighted by Crippen LogP contribution is 2.42. The van der Waals surface area contributed by atoms with Gasteiger partial charge in [-0.3, -0.25) is 9.89 Å². The molecule has 0 bridgehead atoms. The van der Waals surface area contributed by atoms with Crippen LogP contribution in [0.2, 0.25) is 0 Å². The van der Waals surface area contributed by atoms with Gasteiger partial charge in [-0.1, -0.05) is 44.2 Å². The molecule has 3 N–H and O–H groups in total. The number of rotatable bonds is 2. The Morgan fingerprint density at radius 3 is 2.71 bits per heavy atom. The summed E-state index contributed by atoms with van der Waals surface area (Å²) in [6.45, 7) is 5.86. The Balaban J connectivity index is 1.83. The zero-order valence-electron chi connectivity index (χ0n) is 12.3. The van der Waals surface area contributed by atoms with Crippen LogP contribution in [0.4, 0.5) is 5.82 Å². The van der Waals surface area contributed by atoms with E-state index in [0.717, 1.165) is 13.1 Å². The van der Waals surface area contributed by atoms with Gasteiger partial charge in [0.2, 0.25) is 0 Å². The Morgan fingerprint density at radius 2 is 2.10 bits per heavy atom. The predicted molar refractivity (Wildman–Crippen MR) is 81.9 cm³/mol. The molecule has 2 aromatic rings. The number of nitrogen functional groups attached to an aromatic ring is 1. The van der Waals surface area contributed by atoms with E-state index in [9.17, 15) is 4.79 Å². The van der Waals surface area contributed by atoms with Crippen molar-refractivity contribution in [1.29, 1.82) is 0 Å². The highest BCUT2D eigenvalue weighted by molar-refractivity contribution is 5.93. The highest BCUT2D eigenvalue weighted by Gasteiger charge is 2.42. The summed E-state index contributed by atoms with van der Waals surface area (Å²) in [5, 5.41) is 6.53. The molecule has 1 amide bonds. The zero-order valence-corrected chi connectivity index (χ0v) is 12.3. The van der Waals surface area contributed by atoms with Crippen molar-refractivity contribution in [2.75, 3.05) is 18.8 Å². The molecule has 5 heteroatoms. The average Bonchev–Trinajstić information content (AvgIpc) is 3.02. The van der Waals surface area contributed by atoms with E-state index in [4.69, 9.17) is 5.73 Å². The maximum Gasteiger partial charge on any atom is 0.271 e. The van der Waals surface area contributed by atoms with Crippen LogP contribution in [0.5, 0.6) is 0 Å². The lowest BCUT2D eigenvalue weighted by atomic mass is 9.78. The minimum atomic E-state index is -0.0364. The fourth-order valence-corrected chi connectivity index (χ4v) is 3.15. The monoisotopic (exact) mass is 284 g/mol. The molecule has 1 aromatic heterocycles. The second kappa shape index (κ2) is 4.91. The van der Waals surface area contributed by atoms with Gasteiger partial charge in [0, 0.05) is 25.1 Å². The van der Waals surface area contributed by atoms with Gasteiger partial charge in [-0.25, -0.2) is 0 Å². The number of nitrogens with zero attached hydrogens (tertiary/aromatic N) is 2. The van der Waals surface area contributed by atoms with Crippen LogP contribution in [-0.4, -0.2) is 34.1 Å². The molecule has 0 aliphatic carbocycles. The normalized spacial score (nSPS) is 20.7. The number of anilines is 1. The molecule has 1 atom stereocenters. The van der Waals surface area contributed by atoms with Gasteiger partial charge in [0.15, 0.2) is 0 Å². The third-order valence-electron chi connectivity index (χ3n) is 4.26. The van der Waals surface area contributed by atoms with Gasteiger partial charge in [-0.15, -0.1) is 0 Å². The molecule has 0 radical (unpaired) electrons. The summed E-state index contributed by atoms with van der Waals surface area (Å²) in [5.74, 6) is 0.644. The molecule has 1 saturated heterocycles. The van der Waals surface area contributed by atoms with E-state index in [2.05, 4.69) is 36.2 Å². The van der Waals surface area contributed by atoms with E-state index in [-0.39, 0.29) is 11.3 Å². The maximum atomic E-state index is 12.5. The van der Waals surface area contributed by atoms with Gasteiger partial charge in [0.1, 0.15) is 11.5 Å². The molecule has 3 rings (SSSR count). The Bertz CT molecular complexity index is 647. The van der Waals surface area contributed by atoms with E-state index >= 15 is 0 Å². The number of aromatic nitrogens is 2. The topological polar surface area (TPSA) is 75.0 Å². The Morgan fingerprint density at radius 1 is 1.38 bits per heavy atom. The van der Waals surface area contributed by atoms with Crippen LogP contribution in [0.15, 0.2) is 36.4 Å². The summed E-state index contributed by atoms with van der Waals surface area (Å²) in [6, 6.07) is 12.0. The van der Waals surface area contributed by atoms with Crippen LogP contribution < -0.4 is 5.73 Å². The van der Waals surface area contributed by atoms with Crippen molar-refractivity contribution in [1.82, 2.24) is 15.1 Å². The Hall–Kier alpha value is -2.30. The summed E-state index contributed by atoms with van der Waals surface area (Å²) in [6.07, 6.45) is 0. The van der Waals surface area contributed by atoms with E-state index in [1.54, 1.807) is 6.07 Å². The van der Waals surface area contributed by atoms with Crippen molar-refractivity contribution in [3.05, 3.63) is 47.7 Å². The predicted octanol–water partition coefficient (Wildman–Crippen LogP) is 2.26. The van der Waals surface area contributed by atoms with Crippen LogP contribution >= 0.6 is 0 Å². The summed E-state index contributed by atoms with van der Waals surface area (Å²) in [7, 11) is 0. The third kappa shape index (κ3) is 2.51. The fourth-order valence-electron chi connectivity index (χ4n) is 3.15. The van der Waals surface area contributed by atoms with Crippen LogP contribution in [0.25, 0.3) is 0 Å². The molecule has 1 aromatic carbocycles. The Labute approximate surface area is 124 Å². The van der Waals surface area contributed by atoms with E-state index in [0.29, 0.717) is 17.4 Å². The van der Waals surface area contributed by atoms with E-state index in [1.165, 1.54) is 5.56 Å². The number of hydrogen-bond donors (Lipinski definition) is 2. The lowest BCUT2D eigenvalue weighted by Gasteiger charge is -2.25. The number of H-pyrrole nitrogens is 1. The molecule has 0 spiro atoms. The maximum absolute atomic E-state index is 12.5. The fraction of sp³-hybridized carbons (Fsp3) is 0.375. The van der Waals surface area contributed by atoms with Gasteiger partial charge < -0.3 is 10.6 Å². The summed E-state index contributed by atoms with van der Waals surface area (Å²) < 4.78 is 0. The van der Waals surface area contributed by atoms with Crippen molar-refractivity contribution in [2.24, 2.45) is 5.41 Å². The standard InChI is InChI=1S/C16H20N4O/c1-16(2)10-20(15(21)13-8-14(17)19-18-13)9-12(16)11-6-4-3-5-7-11/h3-8,12H,9-10H2,1-2H3,(H3,17,18,19)/t12-/m1/s1. The largest absolute Gasteiger partial charge is 0.382 e. The van der Waals surface area contributed by atoms with Gasteiger partial charge in [-0.2, -0.15) is 5.10 Å². The first-order valence-corrected chi connectivity index (χ1v) is 7.12. The smallest absolute Gasteiger partial charge is 0.271 e. The van der Waals surface area contributed by atoms with Gasteiger partial charge in [0.25, 0.3) is 5.91 Å². The molecule has 1 aliphatic rings. The number of hydrogen-bond acceptors (Lipinski definition) is 3. The molecule has 0 saturated carbocycles. The van der Waals surface area contributed by atoms with Crippen LogP contribution in [0, 0.1) is 5.41 Å². The molecule has 21 heavy (non-hydrogen) atoms. The van der Waals surface area contributed by atoms with Crippen LogP contribution in [0.3, 0.4) is 0 Å². The second-order valence-electron chi connectivity index (χ2n) is 6.34. The number of amides is 1. The summed E-state index contributed by atoms with van der Waals surface area (Å²) in [4.78, 5) is 14.4. The average molecular weight is 284 g/mol. The Kier molecular flexibility index (Phi) is 3.20. The van der Waals surface area contributed by atoms with Crippen molar-refractivity contribution >= 4 is 11.7 Å². The molecule has 110 valence electrons. The molecule has 0 unspecified atom stereocenters. The number of nitrogens with one attached hydrogen (secondary N) is 1. The van der Waals surface area contributed by atoms with Crippen LogP contribution in [0.1, 0.15) is 35.8 Å². The minimum absolute atomic E-state index is 0.0364. The lowest BCUT2D eigenvalue weighted by Crippen LogP contribution is -2.30. The zero-order chi connectivity index (χ0) is 15.0. The van der Waals surface area contributed by atoms with Crippen LogP contribution in [-0.2, 0) is 0 Å². The first-order valence-electron chi connectivity index (χ1n) is 7.12. The van der Waals surface area contributed by atoms with Gasteiger partial charge >= 0.3 is 0 Å². The minimum Gasteiger partial charge on any atom is -0.382 e. The second-order valence-corrected chi connectivity index (χ2v) is 6.34. The first kappa shape index (κ1) is 13.7. The lowest BCUT2D eigenvalue weighted by molar-refractivity contribution is 0.0772. The number of aromatic amines is 1. The van der Waals surface area contributed by atoms with Crippen molar-refractivity contribution in [2.45, 2.75) is 19.8 Å². The number of carbonyl (C=O) groups is 1. The number of nitrogens with two attached hydrogens (primary N) is 1. The quantitative estimate of drug-likeness (QED) is 0.888. The first-order chi connectivity index (χ1) is 9.97. The number of carbonyl (C=O) groups excluding carboxylic acids is 1. The van der Waals surface area contributed by atoms with Crippen molar-refractivity contribution < 1.29 is 4.79 Å².